The number of halogens is 1. The molecule has 2 N–H and O–H groups in total. The molecule has 2 aromatic rings. The van der Waals surface area contributed by atoms with Gasteiger partial charge < -0.3 is 15.5 Å². The molecule has 28 heavy (non-hydrogen) atoms. The molecule has 2 heterocycles. The van der Waals surface area contributed by atoms with E-state index in [1.807, 2.05) is 6.07 Å². The third-order valence-corrected chi connectivity index (χ3v) is 5.59. The maximum atomic E-state index is 8.95. The second kappa shape index (κ2) is 9.72. The second-order valence-electron chi connectivity index (χ2n) is 7.30. The molecule has 1 aliphatic rings. The van der Waals surface area contributed by atoms with Gasteiger partial charge in [0.25, 0.3) is 0 Å². The lowest BCUT2D eigenvalue weighted by Gasteiger charge is -2.20. The number of rotatable bonds is 8. The van der Waals surface area contributed by atoms with Crippen LogP contribution in [0.15, 0.2) is 30.6 Å². The third kappa shape index (κ3) is 5.34. The molecule has 1 fully saturated rings. The summed E-state index contributed by atoms with van der Waals surface area (Å²) in [6.45, 7) is 3.20. The van der Waals surface area contributed by atoms with Crippen molar-refractivity contribution in [3.63, 3.8) is 0 Å². The minimum atomic E-state index is 0.488. The minimum Gasteiger partial charge on any atom is -0.360 e. The Kier molecular flexibility index (Phi) is 7.07. The molecule has 0 bridgehead atoms. The van der Waals surface area contributed by atoms with Gasteiger partial charge in [0.05, 0.1) is 22.3 Å². The molecule has 7 heteroatoms. The number of benzene rings is 1. The Morgan fingerprint density at radius 1 is 1.29 bits per heavy atom. The van der Waals surface area contributed by atoms with Crippen molar-refractivity contribution >= 4 is 28.9 Å². The largest absolute Gasteiger partial charge is 0.360 e. The van der Waals surface area contributed by atoms with Gasteiger partial charge in [-0.1, -0.05) is 18.5 Å². The molecule has 0 saturated carbocycles. The summed E-state index contributed by atoms with van der Waals surface area (Å²) in [7, 11) is 2.05. The number of anilines is 3. The molecular formula is C21H27ClN6. The molecule has 6 nitrogen and oxygen atoms in total. The van der Waals surface area contributed by atoms with E-state index in [4.69, 9.17) is 16.9 Å². The Hall–Kier alpha value is -2.36. The average molecular weight is 399 g/mol. The molecule has 2 unspecified atom stereocenters. The highest BCUT2D eigenvalue weighted by atomic mass is 35.5. The van der Waals surface area contributed by atoms with Crippen molar-refractivity contribution < 1.29 is 0 Å². The summed E-state index contributed by atoms with van der Waals surface area (Å²) in [6.07, 6.45) is 7.67. The zero-order valence-electron chi connectivity index (χ0n) is 16.5. The molecule has 1 aromatic carbocycles. The number of hydrogen-bond donors (Lipinski definition) is 2. The highest BCUT2D eigenvalue weighted by Gasteiger charge is 2.21. The standard InChI is InChI=1S/C21H27ClN6/c1-3-16-7-8-17(26-16)5-4-10-28(2)21-12-20(24-14-25-21)27-19-9-6-15(13-23)11-18(19)22/h6,9,11-12,14,16-17,26H,3-5,7-8,10H2,1-2H3,(H,24,25,27). The molecule has 0 spiro atoms. The molecule has 0 aliphatic carbocycles. The summed E-state index contributed by atoms with van der Waals surface area (Å²) in [4.78, 5) is 10.8. The molecular weight excluding hydrogens is 372 g/mol. The summed E-state index contributed by atoms with van der Waals surface area (Å²) in [6, 6.07) is 10.5. The van der Waals surface area contributed by atoms with E-state index >= 15 is 0 Å². The third-order valence-electron chi connectivity index (χ3n) is 5.28. The van der Waals surface area contributed by atoms with E-state index in [1.54, 1.807) is 24.5 Å². The van der Waals surface area contributed by atoms with Gasteiger partial charge in [0.1, 0.15) is 18.0 Å². The van der Waals surface area contributed by atoms with Crippen LogP contribution < -0.4 is 15.5 Å². The van der Waals surface area contributed by atoms with Crippen LogP contribution in [0.25, 0.3) is 0 Å². The van der Waals surface area contributed by atoms with E-state index in [0.717, 1.165) is 18.8 Å². The molecule has 1 aromatic heterocycles. The number of nitrogens with one attached hydrogen (secondary N) is 2. The molecule has 0 radical (unpaired) electrons. The highest BCUT2D eigenvalue weighted by molar-refractivity contribution is 6.33. The van der Waals surface area contributed by atoms with Crippen molar-refractivity contribution in [3.8, 4) is 6.07 Å². The zero-order chi connectivity index (χ0) is 19.9. The molecule has 1 aliphatic heterocycles. The second-order valence-corrected chi connectivity index (χ2v) is 7.71. The van der Waals surface area contributed by atoms with Crippen LogP contribution >= 0.6 is 11.6 Å². The van der Waals surface area contributed by atoms with E-state index in [0.29, 0.717) is 34.2 Å². The maximum Gasteiger partial charge on any atom is 0.135 e. The van der Waals surface area contributed by atoms with Crippen molar-refractivity contribution in [2.45, 2.75) is 51.1 Å². The molecule has 0 amide bonds. The highest BCUT2D eigenvalue weighted by Crippen LogP contribution is 2.26. The first kappa shape index (κ1) is 20.4. The van der Waals surface area contributed by atoms with E-state index in [9.17, 15) is 0 Å². The lowest BCUT2D eigenvalue weighted by Crippen LogP contribution is -2.30. The predicted molar refractivity (Wildman–Crippen MR) is 114 cm³/mol. The Morgan fingerprint density at radius 2 is 2.11 bits per heavy atom. The van der Waals surface area contributed by atoms with Crippen molar-refractivity contribution in [2.24, 2.45) is 0 Å². The Labute approximate surface area is 171 Å². The van der Waals surface area contributed by atoms with Gasteiger partial charge >= 0.3 is 0 Å². The van der Waals surface area contributed by atoms with Crippen LogP contribution in [0.5, 0.6) is 0 Å². The number of nitriles is 1. The quantitative estimate of drug-likeness (QED) is 0.682. The Balaban J connectivity index is 1.54. The maximum absolute atomic E-state index is 8.95. The summed E-state index contributed by atoms with van der Waals surface area (Å²) in [5.74, 6) is 1.54. The van der Waals surface area contributed by atoms with Gasteiger partial charge in [-0.2, -0.15) is 5.26 Å². The smallest absolute Gasteiger partial charge is 0.135 e. The van der Waals surface area contributed by atoms with Crippen LogP contribution in [0.4, 0.5) is 17.3 Å². The fraction of sp³-hybridized carbons (Fsp3) is 0.476. The number of nitrogens with zero attached hydrogens (tertiary/aromatic N) is 4. The van der Waals surface area contributed by atoms with Crippen molar-refractivity contribution in [1.29, 1.82) is 5.26 Å². The fourth-order valence-corrected chi connectivity index (χ4v) is 3.82. The number of hydrogen-bond acceptors (Lipinski definition) is 6. The molecule has 2 atom stereocenters. The van der Waals surface area contributed by atoms with Crippen LogP contribution in [0.1, 0.15) is 44.6 Å². The lowest BCUT2D eigenvalue weighted by atomic mass is 10.1. The topological polar surface area (TPSA) is 76.9 Å². The van der Waals surface area contributed by atoms with Gasteiger partial charge in [-0.15, -0.1) is 0 Å². The van der Waals surface area contributed by atoms with Gasteiger partial charge in [-0.05, 0) is 50.3 Å². The molecule has 1 saturated heterocycles. The van der Waals surface area contributed by atoms with E-state index in [1.165, 1.54) is 25.7 Å². The Bertz CT molecular complexity index is 834. The first-order chi connectivity index (χ1) is 13.6. The van der Waals surface area contributed by atoms with Crippen molar-refractivity contribution in [1.82, 2.24) is 15.3 Å². The van der Waals surface area contributed by atoms with Crippen molar-refractivity contribution in [2.75, 3.05) is 23.8 Å². The van der Waals surface area contributed by atoms with Crippen molar-refractivity contribution in [3.05, 3.63) is 41.2 Å². The molecule has 3 rings (SSSR count). The zero-order valence-corrected chi connectivity index (χ0v) is 17.2. The summed E-state index contributed by atoms with van der Waals surface area (Å²) >= 11 is 6.24. The fourth-order valence-electron chi connectivity index (χ4n) is 3.59. The van der Waals surface area contributed by atoms with Gasteiger partial charge in [0, 0.05) is 31.7 Å². The summed E-state index contributed by atoms with van der Waals surface area (Å²) < 4.78 is 0. The van der Waals surface area contributed by atoms with E-state index in [-0.39, 0.29) is 0 Å². The van der Waals surface area contributed by atoms with Crippen LogP contribution in [-0.2, 0) is 0 Å². The lowest BCUT2D eigenvalue weighted by molar-refractivity contribution is 0.491. The van der Waals surface area contributed by atoms with Gasteiger partial charge in [0.15, 0.2) is 0 Å². The normalized spacial score (nSPS) is 18.6. The summed E-state index contributed by atoms with van der Waals surface area (Å²) in [5.41, 5.74) is 1.24. The molecule has 148 valence electrons. The number of aromatic nitrogens is 2. The monoisotopic (exact) mass is 398 g/mol. The van der Waals surface area contributed by atoms with Gasteiger partial charge in [0.2, 0.25) is 0 Å². The minimum absolute atomic E-state index is 0.488. The van der Waals surface area contributed by atoms with Crippen LogP contribution in [0.2, 0.25) is 5.02 Å². The average Bonchev–Trinajstić information content (AvgIpc) is 3.17. The first-order valence-electron chi connectivity index (χ1n) is 9.85. The predicted octanol–water partition coefficient (Wildman–Crippen LogP) is 4.49. The van der Waals surface area contributed by atoms with Crippen LogP contribution in [0.3, 0.4) is 0 Å². The van der Waals surface area contributed by atoms with Gasteiger partial charge in [-0.25, -0.2) is 9.97 Å². The van der Waals surface area contributed by atoms with Gasteiger partial charge in [-0.3, -0.25) is 0 Å². The van der Waals surface area contributed by atoms with Crippen LogP contribution in [0, 0.1) is 11.3 Å². The van der Waals surface area contributed by atoms with E-state index < -0.39 is 0 Å². The first-order valence-corrected chi connectivity index (χ1v) is 10.2. The Morgan fingerprint density at radius 3 is 2.82 bits per heavy atom. The summed E-state index contributed by atoms with van der Waals surface area (Å²) in [5, 5.41) is 16.4. The van der Waals surface area contributed by atoms with Crippen LogP contribution in [-0.4, -0.2) is 35.6 Å². The SMILES string of the molecule is CCC1CCC(CCCN(C)c2cc(Nc3ccc(C#N)cc3Cl)ncn2)N1. The van der Waals surface area contributed by atoms with E-state index in [2.05, 4.69) is 45.5 Å².